The van der Waals surface area contributed by atoms with Crippen LogP contribution in [-0.2, 0) is 10.9 Å². The van der Waals surface area contributed by atoms with E-state index in [0.29, 0.717) is 45.7 Å². The first-order chi connectivity index (χ1) is 15.5. The maximum atomic E-state index is 12.0. The number of ether oxygens (including phenoxy) is 2. The summed E-state index contributed by atoms with van der Waals surface area (Å²) in [5.74, 6) is 2.42. The predicted molar refractivity (Wildman–Crippen MR) is 127 cm³/mol. The van der Waals surface area contributed by atoms with Crippen molar-refractivity contribution in [3.63, 3.8) is 0 Å². The third-order valence-electron chi connectivity index (χ3n) is 4.56. The summed E-state index contributed by atoms with van der Waals surface area (Å²) >= 11 is 0. The van der Waals surface area contributed by atoms with Gasteiger partial charge in [-0.25, -0.2) is 12.7 Å². The van der Waals surface area contributed by atoms with Crippen LogP contribution in [-0.4, -0.2) is 8.42 Å². The Kier molecular flexibility index (Phi) is 6.14. The van der Waals surface area contributed by atoms with Gasteiger partial charge in [0.15, 0.2) is 0 Å². The average molecular weight is 448 g/mol. The highest BCUT2D eigenvalue weighted by Crippen LogP contribution is 2.31. The third kappa shape index (κ3) is 5.11. The zero-order valence-electron chi connectivity index (χ0n) is 16.9. The van der Waals surface area contributed by atoms with Crippen LogP contribution in [0, 0.1) is 0 Å². The number of thiol groups is 1. The van der Waals surface area contributed by atoms with E-state index in [2.05, 4.69) is 0 Å². The molecule has 4 aromatic carbocycles. The van der Waals surface area contributed by atoms with Crippen molar-refractivity contribution in [2.75, 3.05) is 15.8 Å². The number of hydrogen-bond acceptors (Lipinski definition) is 6. The van der Waals surface area contributed by atoms with Crippen molar-refractivity contribution in [3.8, 4) is 23.0 Å². The molecule has 4 aromatic rings. The highest BCUT2D eigenvalue weighted by Gasteiger charge is 2.12. The Morgan fingerprint density at radius 2 is 0.781 bits per heavy atom. The predicted octanol–water partition coefficient (Wildman–Crippen LogP) is 5.10. The maximum absolute atomic E-state index is 12.0. The second kappa shape index (κ2) is 9.32. The van der Waals surface area contributed by atoms with E-state index in [-0.39, 0.29) is 0 Å². The minimum absolute atomic E-state index is 0.484. The number of nitrogens with two attached hydrogens (primary N) is 2. The summed E-state index contributed by atoms with van der Waals surface area (Å²) in [5, 5.41) is 0. The van der Waals surface area contributed by atoms with Gasteiger partial charge < -0.3 is 20.9 Å². The van der Waals surface area contributed by atoms with Gasteiger partial charge in [-0.1, -0.05) is 0 Å². The summed E-state index contributed by atoms with van der Waals surface area (Å²) in [6.45, 7) is 0. The SMILES string of the molecule is Nc1ccc(Oc2ccc(N(c3ccc(Oc4ccc(N)cc4)cc3)[SH](=O)=O)cc2)cc1. The number of anilines is 4. The van der Waals surface area contributed by atoms with Crippen LogP contribution in [0.25, 0.3) is 0 Å². The van der Waals surface area contributed by atoms with Crippen LogP contribution < -0.4 is 25.2 Å². The Morgan fingerprint density at radius 3 is 1.06 bits per heavy atom. The largest absolute Gasteiger partial charge is 0.457 e. The Labute approximate surface area is 187 Å². The van der Waals surface area contributed by atoms with Gasteiger partial charge in [-0.3, -0.25) is 0 Å². The van der Waals surface area contributed by atoms with Gasteiger partial charge in [-0.05, 0) is 97.1 Å². The molecule has 0 aliphatic rings. The van der Waals surface area contributed by atoms with Crippen LogP contribution in [0.5, 0.6) is 23.0 Å². The quantitative estimate of drug-likeness (QED) is 0.269. The van der Waals surface area contributed by atoms with Crippen molar-refractivity contribution in [1.29, 1.82) is 0 Å². The minimum atomic E-state index is -2.92. The van der Waals surface area contributed by atoms with Crippen LogP contribution in [0.1, 0.15) is 0 Å². The van der Waals surface area contributed by atoms with Crippen LogP contribution in [0.15, 0.2) is 97.1 Å². The average Bonchev–Trinajstić information content (AvgIpc) is 2.79. The molecule has 0 fully saturated rings. The van der Waals surface area contributed by atoms with Crippen molar-refractivity contribution in [3.05, 3.63) is 97.1 Å². The fourth-order valence-corrected chi connectivity index (χ4v) is 3.64. The van der Waals surface area contributed by atoms with Crippen molar-refractivity contribution < 1.29 is 17.9 Å². The van der Waals surface area contributed by atoms with Crippen molar-refractivity contribution in [2.24, 2.45) is 0 Å². The fourth-order valence-electron chi connectivity index (χ4n) is 2.99. The molecule has 0 bridgehead atoms. The molecule has 0 atom stereocenters. The molecule has 0 saturated heterocycles. The topological polar surface area (TPSA) is 108 Å². The van der Waals surface area contributed by atoms with Gasteiger partial charge in [-0.15, -0.1) is 0 Å². The van der Waals surface area contributed by atoms with Gasteiger partial charge in [0.05, 0.1) is 11.4 Å². The van der Waals surface area contributed by atoms with E-state index >= 15 is 0 Å². The molecule has 0 heterocycles. The molecule has 0 aliphatic carbocycles. The van der Waals surface area contributed by atoms with Crippen molar-refractivity contribution >= 4 is 33.6 Å². The molecule has 162 valence electrons. The lowest BCUT2D eigenvalue weighted by atomic mass is 10.2. The maximum Gasteiger partial charge on any atom is 0.229 e. The highest BCUT2D eigenvalue weighted by molar-refractivity contribution is 7.74. The van der Waals surface area contributed by atoms with E-state index in [4.69, 9.17) is 20.9 Å². The normalized spacial score (nSPS) is 10.7. The Balaban J connectivity index is 1.50. The van der Waals surface area contributed by atoms with E-state index in [1.165, 1.54) is 4.31 Å². The summed E-state index contributed by atoms with van der Waals surface area (Å²) in [6.07, 6.45) is 0. The van der Waals surface area contributed by atoms with Gasteiger partial charge in [0.25, 0.3) is 0 Å². The number of benzene rings is 4. The molecule has 0 radical (unpaired) electrons. The third-order valence-corrected chi connectivity index (χ3v) is 5.35. The van der Waals surface area contributed by atoms with Crippen LogP contribution in [0.4, 0.5) is 22.7 Å². The summed E-state index contributed by atoms with van der Waals surface area (Å²) in [4.78, 5) is 0. The molecular formula is C24H21N3O4S. The lowest BCUT2D eigenvalue weighted by Crippen LogP contribution is -2.14. The number of nitrogens with zero attached hydrogens (tertiary/aromatic N) is 1. The molecule has 4 rings (SSSR count). The van der Waals surface area contributed by atoms with Crippen LogP contribution in [0.3, 0.4) is 0 Å². The van der Waals surface area contributed by atoms with E-state index in [1.54, 1.807) is 97.1 Å². The Morgan fingerprint density at radius 1 is 0.500 bits per heavy atom. The summed E-state index contributed by atoms with van der Waals surface area (Å²) in [7, 11) is -2.92. The lowest BCUT2D eigenvalue weighted by molar-refractivity contribution is 0.482. The van der Waals surface area contributed by atoms with E-state index in [0.717, 1.165) is 0 Å². The smallest absolute Gasteiger partial charge is 0.229 e. The first-order valence-corrected chi connectivity index (χ1v) is 10.8. The molecule has 0 saturated carbocycles. The standard InChI is InChI=1S/C24H21N3O4S/c25-17-1-9-21(10-2-17)30-23-13-5-19(6-14-23)27(32(28)29)20-7-15-24(16-8-20)31-22-11-3-18(26)4-12-22/h1-16,32H,25-26H2. The van der Waals surface area contributed by atoms with Crippen LogP contribution >= 0.6 is 0 Å². The summed E-state index contributed by atoms with van der Waals surface area (Å²) in [5.41, 5.74) is 13.6. The van der Waals surface area contributed by atoms with Gasteiger partial charge >= 0.3 is 0 Å². The number of nitrogen functional groups attached to an aromatic ring is 2. The Hall–Kier alpha value is -4.17. The van der Waals surface area contributed by atoms with Crippen molar-refractivity contribution in [1.82, 2.24) is 0 Å². The number of rotatable bonds is 7. The second-order valence-electron chi connectivity index (χ2n) is 6.88. The van der Waals surface area contributed by atoms with Gasteiger partial charge in [-0.2, -0.15) is 0 Å². The molecule has 0 amide bonds. The summed E-state index contributed by atoms with van der Waals surface area (Å²) < 4.78 is 36.7. The first-order valence-electron chi connectivity index (χ1n) is 9.69. The molecular weight excluding hydrogens is 426 g/mol. The molecule has 4 N–H and O–H groups in total. The highest BCUT2D eigenvalue weighted by atomic mass is 32.2. The first kappa shape index (κ1) is 21.1. The van der Waals surface area contributed by atoms with Crippen molar-refractivity contribution in [2.45, 2.75) is 0 Å². The minimum Gasteiger partial charge on any atom is -0.457 e. The van der Waals surface area contributed by atoms with E-state index in [1.807, 2.05) is 0 Å². The van der Waals surface area contributed by atoms with E-state index < -0.39 is 10.9 Å². The molecule has 0 unspecified atom stereocenters. The monoisotopic (exact) mass is 447 g/mol. The molecule has 8 heteroatoms. The van der Waals surface area contributed by atoms with Crippen LogP contribution in [0.2, 0.25) is 0 Å². The fraction of sp³-hybridized carbons (Fsp3) is 0. The molecule has 7 nitrogen and oxygen atoms in total. The second-order valence-corrected chi connectivity index (χ2v) is 7.76. The van der Waals surface area contributed by atoms with Gasteiger partial charge in [0.2, 0.25) is 10.9 Å². The summed E-state index contributed by atoms with van der Waals surface area (Å²) in [6, 6.07) is 27.6. The number of hydrogen-bond donors (Lipinski definition) is 3. The molecule has 0 spiro atoms. The van der Waals surface area contributed by atoms with E-state index in [9.17, 15) is 8.42 Å². The zero-order chi connectivity index (χ0) is 22.5. The molecule has 32 heavy (non-hydrogen) atoms. The van der Waals surface area contributed by atoms with Gasteiger partial charge in [0, 0.05) is 11.4 Å². The Bertz CT molecular complexity index is 1160. The molecule has 0 aliphatic heterocycles. The van der Waals surface area contributed by atoms with Gasteiger partial charge in [0.1, 0.15) is 23.0 Å². The lowest BCUT2D eigenvalue weighted by Gasteiger charge is -2.18. The molecule has 0 aromatic heterocycles. The zero-order valence-corrected chi connectivity index (χ0v) is 17.8.